The van der Waals surface area contributed by atoms with Crippen LogP contribution in [0.25, 0.3) is 0 Å². The van der Waals surface area contributed by atoms with E-state index < -0.39 is 23.7 Å². The molecule has 0 atom stereocenters. The molecular weight excluding hydrogens is 369 g/mol. The van der Waals surface area contributed by atoms with Gasteiger partial charge in [-0.05, 0) is 50.6 Å². The monoisotopic (exact) mass is 389 g/mol. The number of rotatable bonds is 7. The number of benzene rings is 1. The first-order valence-corrected chi connectivity index (χ1v) is 8.54. The van der Waals surface area contributed by atoms with E-state index in [0.717, 1.165) is 12.1 Å². The molecule has 0 radical (unpaired) electrons. The van der Waals surface area contributed by atoms with E-state index in [2.05, 4.69) is 15.5 Å². The van der Waals surface area contributed by atoms with Gasteiger partial charge in [-0.15, -0.1) is 0 Å². The van der Waals surface area contributed by atoms with Gasteiger partial charge in [0.25, 0.3) is 5.91 Å². The Kier molecular flexibility index (Phi) is 7.02. The van der Waals surface area contributed by atoms with Gasteiger partial charge in [-0.25, -0.2) is 19.4 Å². The van der Waals surface area contributed by atoms with Crippen molar-refractivity contribution in [3.63, 3.8) is 0 Å². The van der Waals surface area contributed by atoms with Gasteiger partial charge in [-0.1, -0.05) is 0 Å². The third kappa shape index (κ3) is 4.81. The summed E-state index contributed by atoms with van der Waals surface area (Å²) in [5.41, 5.74) is 3.21. The second-order valence-corrected chi connectivity index (χ2v) is 5.56. The fraction of sp³-hybridized carbons (Fsp3) is 0.263. The number of esters is 2. The number of aromatic amines is 1. The number of carbonyl (C=O) groups is 3. The van der Waals surface area contributed by atoms with Crippen molar-refractivity contribution in [2.75, 3.05) is 13.2 Å². The minimum atomic E-state index is -0.641. The molecule has 0 fully saturated rings. The molecule has 1 aromatic carbocycles. The van der Waals surface area contributed by atoms with Gasteiger partial charge in [0.15, 0.2) is 0 Å². The Bertz CT molecular complexity index is 903. The smallest absolute Gasteiger partial charge is 0.355 e. The van der Waals surface area contributed by atoms with Crippen molar-refractivity contribution in [3.05, 3.63) is 58.2 Å². The van der Waals surface area contributed by atoms with Crippen LogP contribution in [-0.2, 0) is 9.47 Å². The van der Waals surface area contributed by atoms with Crippen LogP contribution in [0.3, 0.4) is 0 Å². The van der Waals surface area contributed by atoms with Crippen LogP contribution in [0.15, 0.2) is 29.4 Å². The zero-order valence-electron chi connectivity index (χ0n) is 15.7. The van der Waals surface area contributed by atoms with E-state index in [1.165, 1.54) is 18.3 Å². The van der Waals surface area contributed by atoms with E-state index in [0.29, 0.717) is 5.56 Å². The highest BCUT2D eigenvalue weighted by Crippen LogP contribution is 2.19. The van der Waals surface area contributed by atoms with Crippen LogP contribution >= 0.6 is 0 Å². The Morgan fingerprint density at radius 3 is 2.32 bits per heavy atom. The average Bonchev–Trinajstić information content (AvgIpc) is 2.99. The first-order valence-electron chi connectivity index (χ1n) is 8.54. The number of nitrogens with zero attached hydrogens (tertiary/aromatic N) is 1. The molecule has 0 spiro atoms. The lowest BCUT2D eigenvalue weighted by atomic mass is 10.1. The third-order valence-corrected chi connectivity index (χ3v) is 3.70. The lowest BCUT2D eigenvalue weighted by Gasteiger charge is -2.03. The normalized spacial score (nSPS) is 10.7. The van der Waals surface area contributed by atoms with Crippen molar-refractivity contribution in [3.8, 4) is 0 Å². The van der Waals surface area contributed by atoms with E-state index in [9.17, 15) is 18.8 Å². The first kappa shape index (κ1) is 20.8. The predicted molar refractivity (Wildman–Crippen MR) is 98.9 cm³/mol. The predicted octanol–water partition coefficient (Wildman–Crippen LogP) is 2.58. The highest BCUT2D eigenvalue weighted by molar-refractivity contribution is 6.04. The summed E-state index contributed by atoms with van der Waals surface area (Å²) in [6.07, 6.45) is 1.18. The molecule has 1 amide bonds. The van der Waals surface area contributed by atoms with Crippen LogP contribution in [0.5, 0.6) is 0 Å². The Morgan fingerprint density at radius 2 is 1.71 bits per heavy atom. The van der Waals surface area contributed by atoms with Crippen molar-refractivity contribution < 1.29 is 28.2 Å². The maximum Gasteiger partial charge on any atom is 0.355 e. The molecule has 0 saturated carbocycles. The van der Waals surface area contributed by atoms with Gasteiger partial charge >= 0.3 is 11.9 Å². The molecule has 0 saturated heterocycles. The van der Waals surface area contributed by atoms with Crippen LogP contribution in [0.4, 0.5) is 4.39 Å². The van der Waals surface area contributed by atoms with E-state index >= 15 is 0 Å². The maximum atomic E-state index is 12.9. The van der Waals surface area contributed by atoms with Crippen molar-refractivity contribution in [1.29, 1.82) is 0 Å². The number of amides is 1. The van der Waals surface area contributed by atoms with Crippen molar-refractivity contribution in [1.82, 2.24) is 10.4 Å². The second-order valence-electron chi connectivity index (χ2n) is 5.56. The minimum Gasteiger partial charge on any atom is -0.462 e. The van der Waals surface area contributed by atoms with E-state index in [1.807, 2.05) is 0 Å². The zero-order chi connectivity index (χ0) is 20.7. The molecule has 1 heterocycles. The van der Waals surface area contributed by atoms with E-state index in [1.54, 1.807) is 20.8 Å². The molecule has 2 rings (SSSR count). The Balaban J connectivity index is 2.27. The lowest BCUT2D eigenvalue weighted by Crippen LogP contribution is -2.18. The lowest BCUT2D eigenvalue weighted by molar-refractivity contribution is 0.0518. The fourth-order valence-corrected chi connectivity index (χ4v) is 2.41. The number of H-pyrrole nitrogens is 1. The number of aromatic nitrogens is 1. The minimum absolute atomic E-state index is 0.0937. The summed E-state index contributed by atoms with van der Waals surface area (Å²) in [5.74, 6) is -2.30. The average molecular weight is 389 g/mol. The molecular formula is C19H20FN3O5. The maximum absolute atomic E-state index is 12.9. The van der Waals surface area contributed by atoms with E-state index in [4.69, 9.17) is 9.47 Å². The molecule has 8 nitrogen and oxygen atoms in total. The molecule has 9 heteroatoms. The number of hydrogen-bond donors (Lipinski definition) is 2. The molecule has 1 aromatic heterocycles. The van der Waals surface area contributed by atoms with Crippen molar-refractivity contribution >= 4 is 24.1 Å². The standard InChI is InChI=1S/C19H20FN3O5/c1-4-27-18(25)15-11(3)16(19(26)28-5-2)22-14(15)10-21-23-17(24)12-6-8-13(20)9-7-12/h6-10,22H,4-5H2,1-3H3,(H,23,24)/b21-10+. The third-order valence-electron chi connectivity index (χ3n) is 3.70. The first-order chi connectivity index (χ1) is 13.4. The van der Waals surface area contributed by atoms with Gasteiger partial charge in [-0.3, -0.25) is 4.79 Å². The number of halogens is 1. The summed E-state index contributed by atoms with van der Waals surface area (Å²) in [7, 11) is 0. The van der Waals surface area contributed by atoms with Crippen LogP contribution in [-0.4, -0.2) is 42.3 Å². The molecule has 148 valence electrons. The van der Waals surface area contributed by atoms with Crippen LogP contribution < -0.4 is 5.43 Å². The topological polar surface area (TPSA) is 110 Å². The second kappa shape index (κ2) is 9.45. The molecule has 2 aromatic rings. The Hall–Kier alpha value is -3.49. The van der Waals surface area contributed by atoms with Gasteiger partial charge in [0.1, 0.15) is 11.5 Å². The van der Waals surface area contributed by atoms with E-state index in [-0.39, 0.29) is 35.7 Å². The van der Waals surface area contributed by atoms with Crippen LogP contribution in [0.1, 0.15) is 56.3 Å². The van der Waals surface area contributed by atoms with Crippen molar-refractivity contribution in [2.24, 2.45) is 5.10 Å². The van der Waals surface area contributed by atoms with Gasteiger partial charge in [0.2, 0.25) is 0 Å². The molecule has 0 bridgehead atoms. The highest BCUT2D eigenvalue weighted by Gasteiger charge is 2.24. The summed E-state index contributed by atoms with van der Waals surface area (Å²) in [5, 5.41) is 3.79. The number of carbonyl (C=O) groups excluding carboxylic acids is 3. The van der Waals surface area contributed by atoms with Gasteiger partial charge in [0, 0.05) is 5.56 Å². The zero-order valence-corrected chi connectivity index (χ0v) is 15.7. The summed E-state index contributed by atoms with van der Waals surface area (Å²) >= 11 is 0. The summed E-state index contributed by atoms with van der Waals surface area (Å²) in [4.78, 5) is 39.1. The Labute approximate surface area is 160 Å². The highest BCUT2D eigenvalue weighted by atomic mass is 19.1. The Morgan fingerprint density at radius 1 is 1.11 bits per heavy atom. The summed E-state index contributed by atoms with van der Waals surface area (Å²) < 4.78 is 22.9. The number of hydrazone groups is 1. The molecule has 0 aliphatic heterocycles. The van der Waals surface area contributed by atoms with Gasteiger partial charge in [-0.2, -0.15) is 5.10 Å². The van der Waals surface area contributed by atoms with Crippen molar-refractivity contribution in [2.45, 2.75) is 20.8 Å². The molecule has 0 aliphatic carbocycles. The van der Waals surface area contributed by atoms with Gasteiger partial charge < -0.3 is 14.5 Å². The number of ether oxygens (including phenoxy) is 2. The molecule has 0 aliphatic rings. The fourth-order valence-electron chi connectivity index (χ4n) is 2.41. The largest absolute Gasteiger partial charge is 0.462 e. The van der Waals surface area contributed by atoms with Crippen LogP contribution in [0.2, 0.25) is 0 Å². The SMILES string of the molecule is CCOC(=O)c1[nH]c(/C=N/NC(=O)c2ccc(F)cc2)c(C(=O)OCC)c1C. The molecule has 28 heavy (non-hydrogen) atoms. The van der Waals surface area contributed by atoms with Crippen LogP contribution in [0, 0.1) is 12.7 Å². The number of hydrogen-bond acceptors (Lipinski definition) is 6. The van der Waals surface area contributed by atoms with Gasteiger partial charge in [0.05, 0.1) is 30.7 Å². The molecule has 2 N–H and O–H groups in total. The summed E-state index contributed by atoms with van der Waals surface area (Å²) in [6.45, 7) is 5.21. The number of nitrogens with one attached hydrogen (secondary N) is 2. The molecule has 0 unspecified atom stereocenters. The summed E-state index contributed by atoms with van der Waals surface area (Å²) in [6, 6.07) is 4.92. The quantitative estimate of drug-likeness (QED) is 0.430.